The summed E-state index contributed by atoms with van der Waals surface area (Å²) in [5, 5.41) is 11.3. The molecule has 5 heteroatoms. The topological polar surface area (TPSA) is 59.8 Å². The molecule has 1 aliphatic carbocycles. The normalized spacial score (nSPS) is 28.9. The lowest BCUT2D eigenvalue weighted by atomic mass is 9.80. The molecule has 0 aromatic carbocycles. The number of carbonyl (C=O) groups excluding carboxylic acids is 1. The van der Waals surface area contributed by atoms with Crippen molar-refractivity contribution in [3.05, 3.63) is 11.9 Å². The number of Topliss-reactive ketones (excluding diaryl/α,β-unsaturated/α-hetero) is 1. The van der Waals surface area contributed by atoms with Gasteiger partial charge in [0.15, 0.2) is 5.78 Å². The molecule has 1 saturated heterocycles. The quantitative estimate of drug-likeness (QED) is 0.822. The molecule has 1 saturated carbocycles. The highest BCUT2D eigenvalue weighted by Crippen LogP contribution is 2.30. The smallest absolute Gasteiger partial charge is 0.187 e. The van der Waals surface area contributed by atoms with E-state index in [9.17, 15) is 4.79 Å². The summed E-state index contributed by atoms with van der Waals surface area (Å²) < 4.78 is 1.83. The minimum atomic E-state index is 0.172. The van der Waals surface area contributed by atoms with Crippen molar-refractivity contribution in [1.82, 2.24) is 20.3 Å². The first-order valence-electron chi connectivity index (χ1n) is 6.91. The van der Waals surface area contributed by atoms with Gasteiger partial charge >= 0.3 is 0 Å². The Balaban J connectivity index is 1.66. The summed E-state index contributed by atoms with van der Waals surface area (Å²) in [6.45, 7) is 4.12. The van der Waals surface area contributed by atoms with Crippen molar-refractivity contribution in [3.63, 3.8) is 0 Å². The Labute approximate surface area is 107 Å². The van der Waals surface area contributed by atoms with Gasteiger partial charge in [-0.2, -0.15) is 0 Å². The Morgan fingerprint density at radius 2 is 2.06 bits per heavy atom. The van der Waals surface area contributed by atoms with E-state index < -0.39 is 0 Å². The Kier molecular flexibility index (Phi) is 3.16. The van der Waals surface area contributed by atoms with E-state index in [0.717, 1.165) is 44.7 Å². The van der Waals surface area contributed by atoms with Gasteiger partial charge in [0.2, 0.25) is 0 Å². The summed E-state index contributed by atoms with van der Waals surface area (Å²) in [5.74, 6) is 1.14. The molecular weight excluding hydrogens is 228 g/mol. The molecule has 1 aliphatic heterocycles. The minimum Gasteiger partial charge on any atom is -0.312 e. The lowest BCUT2D eigenvalue weighted by molar-refractivity contribution is 0.0870. The molecule has 1 aromatic heterocycles. The zero-order chi connectivity index (χ0) is 12.5. The number of hydrogen-bond acceptors (Lipinski definition) is 4. The standard InChI is InChI=1S/C13H20N4O/c1-9-2-4-10(5-3-9)13(18)12-8-17(16-15-12)11-6-14-7-11/h8-11,14H,2-7H2,1H3. The van der Waals surface area contributed by atoms with Crippen LogP contribution in [0.2, 0.25) is 0 Å². The highest BCUT2D eigenvalue weighted by atomic mass is 16.1. The molecule has 0 spiro atoms. The van der Waals surface area contributed by atoms with Crippen molar-refractivity contribution in [2.75, 3.05) is 13.1 Å². The van der Waals surface area contributed by atoms with Crippen LogP contribution in [0.5, 0.6) is 0 Å². The van der Waals surface area contributed by atoms with Crippen molar-refractivity contribution >= 4 is 5.78 Å². The van der Waals surface area contributed by atoms with Crippen LogP contribution in [0.3, 0.4) is 0 Å². The number of rotatable bonds is 3. The van der Waals surface area contributed by atoms with Crippen LogP contribution in [0, 0.1) is 11.8 Å². The van der Waals surface area contributed by atoms with Crippen molar-refractivity contribution in [1.29, 1.82) is 0 Å². The van der Waals surface area contributed by atoms with E-state index in [1.54, 1.807) is 0 Å². The van der Waals surface area contributed by atoms with E-state index in [1.165, 1.54) is 0 Å². The van der Waals surface area contributed by atoms with Crippen LogP contribution in [-0.4, -0.2) is 33.9 Å². The van der Waals surface area contributed by atoms with Gasteiger partial charge in [0.1, 0.15) is 5.69 Å². The van der Waals surface area contributed by atoms with Gasteiger partial charge in [-0.25, -0.2) is 4.68 Å². The van der Waals surface area contributed by atoms with Crippen LogP contribution >= 0.6 is 0 Å². The molecule has 2 aliphatic rings. The monoisotopic (exact) mass is 248 g/mol. The fourth-order valence-corrected chi connectivity index (χ4v) is 2.76. The number of hydrogen-bond donors (Lipinski definition) is 1. The van der Waals surface area contributed by atoms with Crippen LogP contribution < -0.4 is 5.32 Å². The Hall–Kier alpha value is -1.23. The summed E-state index contributed by atoms with van der Waals surface area (Å²) in [5.41, 5.74) is 0.557. The third-order valence-corrected chi connectivity index (χ3v) is 4.28. The van der Waals surface area contributed by atoms with Crippen LogP contribution in [0.15, 0.2) is 6.20 Å². The molecule has 18 heavy (non-hydrogen) atoms. The van der Waals surface area contributed by atoms with E-state index in [2.05, 4.69) is 22.6 Å². The predicted octanol–water partition coefficient (Wildman–Crippen LogP) is 1.43. The highest BCUT2D eigenvalue weighted by molar-refractivity contribution is 5.95. The number of nitrogens with zero attached hydrogens (tertiary/aromatic N) is 3. The second-order valence-electron chi connectivity index (χ2n) is 5.72. The molecule has 5 nitrogen and oxygen atoms in total. The maximum absolute atomic E-state index is 12.3. The molecule has 0 atom stereocenters. The SMILES string of the molecule is CC1CCC(C(=O)c2cn(C3CNC3)nn2)CC1. The van der Waals surface area contributed by atoms with Gasteiger partial charge in [-0.3, -0.25) is 4.79 Å². The van der Waals surface area contributed by atoms with Crippen LogP contribution in [-0.2, 0) is 0 Å². The van der Waals surface area contributed by atoms with Gasteiger partial charge in [-0.05, 0) is 18.8 Å². The Bertz CT molecular complexity index is 430. The fourth-order valence-electron chi connectivity index (χ4n) is 2.76. The summed E-state index contributed by atoms with van der Waals surface area (Å²) in [4.78, 5) is 12.3. The average molecular weight is 248 g/mol. The zero-order valence-corrected chi connectivity index (χ0v) is 10.8. The third-order valence-electron chi connectivity index (χ3n) is 4.28. The molecule has 0 unspecified atom stereocenters. The Morgan fingerprint density at radius 3 is 2.67 bits per heavy atom. The molecule has 1 aromatic rings. The lowest BCUT2D eigenvalue weighted by Crippen LogP contribution is -2.43. The van der Waals surface area contributed by atoms with E-state index >= 15 is 0 Å². The number of aromatic nitrogens is 3. The zero-order valence-electron chi connectivity index (χ0n) is 10.8. The molecule has 0 bridgehead atoms. The van der Waals surface area contributed by atoms with E-state index in [0.29, 0.717) is 11.7 Å². The van der Waals surface area contributed by atoms with Crippen molar-refractivity contribution in [2.45, 2.75) is 38.6 Å². The van der Waals surface area contributed by atoms with Crippen LogP contribution in [0.25, 0.3) is 0 Å². The summed E-state index contributed by atoms with van der Waals surface area (Å²) in [7, 11) is 0. The van der Waals surface area contributed by atoms with Gasteiger partial charge in [-0.1, -0.05) is 25.0 Å². The van der Waals surface area contributed by atoms with Crippen molar-refractivity contribution in [2.24, 2.45) is 11.8 Å². The number of ketones is 1. The first-order chi connectivity index (χ1) is 8.74. The largest absolute Gasteiger partial charge is 0.312 e. The second kappa shape index (κ2) is 4.80. The predicted molar refractivity (Wildman–Crippen MR) is 67.4 cm³/mol. The second-order valence-corrected chi connectivity index (χ2v) is 5.72. The van der Waals surface area contributed by atoms with E-state index in [4.69, 9.17) is 0 Å². The maximum atomic E-state index is 12.3. The number of nitrogens with one attached hydrogen (secondary N) is 1. The molecule has 0 radical (unpaired) electrons. The summed E-state index contributed by atoms with van der Waals surface area (Å²) >= 11 is 0. The third kappa shape index (κ3) is 2.19. The summed E-state index contributed by atoms with van der Waals surface area (Å²) in [6.07, 6.45) is 6.18. The lowest BCUT2D eigenvalue weighted by Gasteiger charge is -2.26. The molecule has 2 fully saturated rings. The molecule has 3 rings (SSSR count). The molecule has 0 amide bonds. The molecule has 98 valence electrons. The van der Waals surface area contributed by atoms with Gasteiger partial charge in [0.25, 0.3) is 0 Å². The molecule has 1 N–H and O–H groups in total. The minimum absolute atomic E-state index is 0.172. The highest BCUT2D eigenvalue weighted by Gasteiger charge is 2.28. The first-order valence-corrected chi connectivity index (χ1v) is 6.91. The van der Waals surface area contributed by atoms with E-state index in [1.807, 2.05) is 10.9 Å². The first kappa shape index (κ1) is 11.8. The van der Waals surface area contributed by atoms with Gasteiger partial charge in [-0.15, -0.1) is 5.10 Å². The Morgan fingerprint density at radius 1 is 1.33 bits per heavy atom. The van der Waals surface area contributed by atoms with E-state index in [-0.39, 0.29) is 11.7 Å². The van der Waals surface area contributed by atoms with Crippen molar-refractivity contribution in [3.8, 4) is 0 Å². The van der Waals surface area contributed by atoms with Gasteiger partial charge in [0.05, 0.1) is 12.2 Å². The van der Waals surface area contributed by atoms with Crippen LogP contribution in [0.4, 0.5) is 0 Å². The fraction of sp³-hybridized carbons (Fsp3) is 0.769. The average Bonchev–Trinajstić information content (AvgIpc) is 2.76. The number of carbonyl (C=O) groups is 1. The summed E-state index contributed by atoms with van der Waals surface area (Å²) in [6, 6.07) is 0.380. The molecular formula is C13H20N4O. The van der Waals surface area contributed by atoms with Gasteiger partial charge < -0.3 is 5.32 Å². The maximum Gasteiger partial charge on any atom is 0.187 e. The molecule has 2 heterocycles. The van der Waals surface area contributed by atoms with Gasteiger partial charge in [0, 0.05) is 19.0 Å². The van der Waals surface area contributed by atoms with Crippen LogP contribution in [0.1, 0.15) is 49.1 Å². The van der Waals surface area contributed by atoms with Crippen molar-refractivity contribution < 1.29 is 4.79 Å².